The van der Waals surface area contributed by atoms with Crippen LogP contribution in [0.1, 0.15) is 31.2 Å². The summed E-state index contributed by atoms with van der Waals surface area (Å²) in [5.74, 6) is -5.26. The number of aromatic hydroxyl groups is 1. The Labute approximate surface area is 212 Å². The van der Waals surface area contributed by atoms with E-state index in [1.807, 2.05) is 6.08 Å². The summed E-state index contributed by atoms with van der Waals surface area (Å²) in [6, 6.07) is 13.6. The molecule has 0 unspecified atom stereocenters. The molecule has 0 aromatic heterocycles. The number of para-hydroxylation sites is 1. The van der Waals surface area contributed by atoms with Gasteiger partial charge >= 0.3 is 0 Å². The summed E-state index contributed by atoms with van der Waals surface area (Å²) in [7, 11) is 1.43. The van der Waals surface area contributed by atoms with Crippen molar-refractivity contribution in [2.45, 2.75) is 25.7 Å². The number of phenolic OH excluding ortho intramolecular Hbond substituents is 1. The summed E-state index contributed by atoms with van der Waals surface area (Å²) in [5, 5.41) is 20.6. The molecule has 0 radical (unpaired) electrons. The molecule has 6 rings (SSSR count). The van der Waals surface area contributed by atoms with Crippen molar-refractivity contribution < 1.29 is 34.2 Å². The highest BCUT2D eigenvalue weighted by Crippen LogP contribution is 2.63. The summed E-state index contributed by atoms with van der Waals surface area (Å²) < 4.78 is 5.34. The number of carbonyl (C=O) groups is 4. The van der Waals surface area contributed by atoms with E-state index in [9.17, 15) is 29.5 Å². The third kappa shape index (κ3) is 3.00. The van der Waals surface area contributed by atoms with Gasteiger partial charge in [-0.25, -0.2) is 4.90 Å². The minimum absolute atomic E-state index is 0.0646. The van der Waals surface area contributed by atoms with Gasteiger partial charge in [-0.2, -0.15) is 5.06 Å². The number of ether oxygens (including phenoxy) is 1. The molecule has 9 nitrogen and oxygen atoms in total. The summed E-state index contributed by atoms with van der Waals surface area (Å²) >= 11 is 0. The molecule has 0 spiro atoms. The number of anilines is 1. The first-order valence-corrected chi connectivity index (χ1v) is 12.3. The van der Waals surface area contributed by atoms with Crippen LogP contribution < -0.4 is 9.64 Å². The van der Waals surface area contributed by atoms with E-state index in [0.717, 1.165) is 5.57 Å². The number of benzene rings is 2. The van der Waals surface area contributed by atoms with Crippen molar-refractivity contribution in [2.75, 3.05) is 12.0 Å². The van der Waals surface area contributed by atoms with Gasteiger partial charge in [0.1, 0.15) is 0 Å². The molecule has 3 fully saturated rings. The number of nitrogens with zero attached hydrogens (tertiary/aromatic N) is 2. The normalized spacial score (nSPS) is 32.7. The maximum Gasteiger partial charge on any atom is 0.257 e. The van der Waals surface area contributed by atoms with Crippen LogP contribution in [0.25, 0.3) is 0 Å². The van der Waals surface area contributed by atoms with Crippen LogP contribution in [0.15, 0.2) is 60.2 Å². The number of allylic oxidation sites excluding steroid dienone is 2. The van der Waals surface area contributed by atoms with Crippen LogP contribution in [0.5, 0.6) is 11.5 Å². The van der Waals surface area contributed by atoms with Crippen molar-refractivity contribution in [3.63, 3.8) is 0 Å². The molecule has 2 N–H and O–H groups in total. The van der Waals surface area contributed by atoms with Gasteiger partial charge in [0.05, 0.1) is 36.0 Å². The molecule has 4 amide bonds. The number of hydrogen-bond acceptors (Lipinski definition) is 7. The van der Waals surface area contributed by atoms with E-state index in [1.54, 1.807) is 49.4 Å². The SMILES string of the molecule is COc1cc([C@H]2C3=CC[C@@H]4C(=O)N(O)C(=O)[C@@H]4[C@@H]3C[C@H]3C(=O)N(c4ccccc4)C(=O)[C@@]23C)ccc1O. The Balaban J connectivity index is 1.55. The van der Waals surface area contributed by atoms with Gasteiger partial charge in [0.15, 0.2) is 11.5 Å². The number of hydroxylamine groups is 2. The number of imide groups is 2. The number of carbonyl (C=O) groups excluding carboxylic acids is 4. The Morgan fingerprint density at radius 1 is 0.973 bits per heavy atom. The first-order valence-electron chi connectivity index (χ1n) is 12.3. The van der Waals surface area contributed by atoms with E-state index < -0.39 is 46.8 Å². The summed E-state index contributed by atoms with van der Waals surface area (Å²) in [4.78, 5) is 54.9. The molecule has 2 aliphatic carbocycles. The van der Waals surface area contributed by atoms with Gasteiger partial charge in [-0.05, 0) is 55.5 Å². The van der Waals surface area contributed by atoms with Gasteiger partial charge in [-0.15, -0.1) is 0 Å². The van der Waals surface area contributed by atoms with Crippen molar-refractivity contribution >= 4 is 29.3 Å². The van der Waals surface area contributed by atoms with Gasteiger partial charge in [0, 0.05) is 5.92 Å². The molecule has 2 heterocycles. The molecule has 9 heteroatoms. The molecule has 0 bridgehead atoms. The number of phenols is 1. The number of fused-ring (bicyclic) bond motifs is 4. The monoisotopic (exact) mass is 502 g/mol. The van der Waals surface area contributed by atoms with Crippen LogP contribution in [0.4, 0.5) is 5.69 Å². The van der Waals surface area contributed by atoms with E-state index in [0.29, 0.717) is 11.3 Å². The third-order valence-corrected chi connectivity index (χ3v) is 8.80. The first-order chi connectivity index (χ1) is 17.7. The Kier molecular flexibility index (Phi) is 5.07. The van der Waals surface area contributed by atoms with Crippen LogP contribution in [0, 0.1) is 29.1 Å². The number of hydrogen-bond donors (Lipinski definition) is 2. The van der Waals surface area contributed by atoms with Crippen LogP contribution in [-0.4, -0.2) is 46.1 Å². The molecular formula is C28H26N2O7. The van der Waals surface area contributed by atoms with E-state index in [1.165, 1.54) is 18.1 Å². The van der Waals surface area contributed by atoms with Crippen molar-refractivity contribution in [3.8, 4) is 11.5 Å². The fourth-order valence-corrected chi connectivity index (χ4v) is 7.08. The lowest BCUT2D eigenvalue weighted by molar-refractivity contribution is -0.173. The topological polar surface area (TPSA) is 124 Å². The Bertz CT molecular complexity index is 1390. The van der Waals surface area contributed by atoms with Crippen LogP contribution >= 0.6 is 0 Å². The van der Waals surface area contributed by atoms with Gasteiger partial charge in [0.25, 0.3) is 11.8 Å². The van der Waals surface area contributed by atoms with Crippen LogP contribution in [-0.2, 0) is 19.2 Å². The predicted molar refractivity (Wildman–Crippen MR) is 129 cm³/mol. The zero-order valence-electron chi connectivity index (χ0n) is 20.3. The van der Waals surface area contributed by atoms with Crippen molar-refractivity contribution in [2.24, 2.45) is 29.1 Å². The highest BCUT2D eigenvalue weighted by atomic mass is 16.5. The number of rotatable bonds is 3. The quantitative estimate of drug-likeness (QED) is 0.376. The Hall–Kier alpha value is -3.98. The first kappa shape index (κ1) is 23.4. The molecule has 2 aliphatic heterocycles. The Morgan fingerprint density at radius 3 is 2.41 bits per heavy atom. The lowest BCUT2D eigenvalue weighted by Gasteiger charge is -2.49. The molecule has 2 aromatic rings. The number of methoxy groups -OCH3 is 1. The summed E-state index contributed by atoms with van der Waals surface area (Å²) in [5.41, 5.74) is 0.735. The lowest BCUT2D eigenvalue weighted by atomic mass is 9.51. The molecule has 2 saturated heterocycles. The minimum atomic E-state index is -1.19. The van der Waals surface area contributed by atoms with Crippen molar-refractivity contribution in [3.05, 3.63) is 65.7 Å². The molecule has 190 valence electrons. The van der Waals surface area contributed by atoms with E-state index >= 15 is 0 Å². The van der Waals surface area contributed by atoms with Gasteiger partial charge in [-0.3, -0.25) is 24.4 Å². The molecular weight excluding hydrogens is 476 g/mol. The van der Waals surface area contributed by atoms with Crippen LogP contribution in [0.2, 0.25) is 0 Å². The van der Waals surface area contributed by atoms with Gasteiger partial charge in [-0.1, -0.05) is 35.9 Å². The fourth-order valence-electron chi connectivity index (χ4n) is 7.08. The molecule has 4 aliphatic rings. The largest absolute Gasteiger partial charge is 0.504 e. The Morgan fingerprint density at radius 2 is 1.70 bits per heavy atom. The predicted octanol–water partition coefficient (Wildman–Crippen LogP) is 3.02. The fraction of sp³-hybridized carbons (Fsp3) is 0.357. The summed E-state index contributed by atoms with van der Waals surface area (Å²) in [6.45, 7) is 1.79. The van der Waals surface area contributed by atoms with E-state index in [4.69, 9.17) is 4.74 Å². The highest BCUT2D eigenvalue weighted by Gasteiger charge is 2.67. The molecule has 1 saturated carbocycles. The lowest BCUT2D eigenvalue weighted by Crippen LogP contribution is -2.48. The van der Waals surface area contributed by atoms with Crippen molar-refractivity contribution in [1.29, 1.82) is 0 Å². The van der Waals surface area contributed by atoms with Gasteiger partial charge in [0.2, 0.25) is 11.8 Å². The zero-order chi connectivity index (χ0) is 26.2. The number of amides is 4. The maximum atomic E-state index is 14.2. The molecule has 6 atom stereocenters. The molecule has 2 aromatic carbocycles. The maximum absolute atomic E-state index is 14.2. The second-order valence-corrected chi connectivity index (χ2v) is 10.4. The standard InChI is InChI=1S/C28H26N2O7/c1-28-19(25(33)29(27(28)35)15-6-4-3-5-7-15)13-18-16(9-10-17-22(18)26(34)30(36)24(17)32)23(28)14-8-11-20(31)21(12-14)37-2/h3-9,11-12,17-19,22-23,31,36H,10,13H2,1-2H3/t17-,18+,19-,22-,23-,28+/m0/s1. The molecule has 37 heavy (non-hydrogen) atoms. The second kappa shape index (κ2) is 8.01. The highest BCUT2D eigenvalue weighted by molar-refractivity contribution is 6.24. The van der Waals surface area contributed by atoms with E-state index in [2.05, 4.69) is 0 Å². The van der Waals surface area contributed by atoms with E-state index in [-0.39, 0.29) is 41.2 Å². The van der Waals surface area contributed by atoms with Crippen molar-refractivity contribution in [1.82, 2.24) is 5.06 Å². The third-order valence-electron chi connectivity index (χ3n) is 8.80. The average molecular weight is 503 g/mol. The van der Waals surface area contributed by atoms with Crippen LogP contribution in [0.3, 0.4) is 0 Å². The smallest absolute Gasteiger partial charge is 0.257 e. The summed E-state index contributed by atoms with van der Waals surface area (Å²) in [6.07, 6.45) is 2.34. The second-order valence-electron chi connectivity index (χ2n) is 10.4. The zero-order valence-corrected chi connectivity index (χ0v) is 20.3. The minimum Gasteiger partial charge on any atom is -0.504 e. The average Bonchev–Trinajstić information content (AvgIpc) is 3.24. The van der Waals surface area contributed by atoms with Gasteiger partial charge < -0.3 is 9.84 Å².